The average Bonchev–Trinajstić information content (AvgIpc) is 3.44. The smallest absolute Gasteiger partial charge is 0.167 e. The van der Waals surface area contributed by atoms with E-state index in [0.717, 1.165) is 12.8 Å². The summed E-state index contributed by atoms with van der Waals surface area (Å²) in [4.78, 5) is 12.3. The second-order valence-electron chi connectivity index (χ2n) is 8.72. The van der Waals surface area contributed by atoms with Crippen LogP contribution in [0.5, 0.6) is 0 Å². The number of nitrogens with two attached hydrogens (primary N) is 1. The number of hydrogen-bond acceptors (Lipinski definition) is 8. The van der Waals surface area contributed by atoms with Gasteiger partial charge in [-0.1, -0.05) is 60.7 Å². The molecule has 1 fully saturated rings. The molecule has 5 rings (SSSR count). The maximum atomic E-state index is 10.6. The summed E-state index contributed by atoms with van der Waals surface area (Å²) >= 11 is 0. The summed E-state index contributed by atoms with van der Waals surface area (Å²) in [6.07, 6.45) is 0.792. The van der Waals surface area contributed by atoms with Crippen molar-refractivity contribution in [3.05, 3.63) is 84.4 Å². The van der Waals surface area contributed by atoms with E-state index >= 15 is 0 Å². The second kappa shape index (κ2) is 10.5. The first-order chi connectivity index (χ1) is 17.1. The lowest BCUT2D eigenvalue weighted by atomic mass is 9.88. The summed E-state index contributed by atoms with van der Waals surface area (Å²) < 4.78 is 13.4. The largest absolute Gasteiger partial charge is 0.387 e. The molecule has 9 nitrogen and oxygen atoms in total. The van der Waals surface area contributed by atoms with E-state index in [1.165, 1.54) is 23.8 Å². The van der Waals surface area contributed by atoms with Crippen molar-refractivity contribution in [2.75, 3.05) is 18.9 Å². The fourth-order valence-electron chi connectivity index (χ4n) is 4.64. The molecule has 0 amide bonds. The molecule has 4 N–H and O–H groups in total. The number of aliphatic hydroxyl groups is 2. The topological polar surface area (TPSA) is 129 Å². The Bertz CT molecular complexity index is 1200. The first-order valence-corrected chi connectivity index (χ1v) is 11.8. The fourth-order valence-corrected chi connectivity index (χ4v) is 4.64. The van der Waals surface area contributed by atoms with E-state index in [-0.39, 0.29) is 18.3 Å². The van der Waals surface area contributed by atoms with E-state index in [9.17, 15) is 10.2 Å². The molecule has 0 bridgehead atoms. The molecule has 35 heavy (non-hydrogen) atoms. The van der Waals surface area contributed by atoms with Crippen molar-refractivity contribution in [3.63, 3.8) is 0 Å². The van der Waals surface area contributed by atoms with Crippen molar-refractivity contribution < 1.29 is 19.7 Å². The van der Waals surface area contributed by atoms with Gasteiger partial charge >= 0.3 is 0 Å². The van der Waals surface area contributed by atoms with Crippen LogP contribution in [0.4, 0.5) is 5.82 Å². The molecule has 0 radical (unpaired) electrons. The van der Waals surface area contributed by atoms with E-state index in [2.05, 4.69) is 63.5 Å². The lowest BCUT2D eigenvalue weighted by Gasteiger charge is -2.19. The van der Waals surface area contributed by atoms with Gasteiger partial charge in [0.05, 0.1) is 12.9 Å². The summed E-state index contributed by atoms with van der Waals surface area (Å²) in [5.41, 5.74) is 9.25. The quantitative estimate of drug-likeness (QED) is 0.315. The monoisotopic (exact) mass is 475 g/mol. The Morgan fingerprint density at radius 3 is 2.31 bits per heavy atom. The Morgan fingerprint density at radius 2 is 1.63 bits per heavy atom. The number of anilines is 1. The molecule has 182 valence electrons. The van der Waals surface area contributed by atoms with Crippen LogP contribution in [0.1, 0.15) is 36.1 Å². The van der Waals surface area contributed by atoms with Gasteiger partial charge in [0.25, 0.3) is 0 Å². The number of nitrogen functional groups attached to an aromatic ring is 1. The van der Waals surface area contributed by atoms with Gasteiger partial charge in [-0.3, -0.25) is 4.57 Å². The van der Waals surface area contributed by atoms with Crippen LogP contribution in [0, 0.1) is 0 Å². The second-order valence-corrected chi connectivity index (χ2v) is 8.72. The number of aromatic nitrogens is 4. The van der Waals surface area contributed by atoms with Gasteiger partial charge in [0.2, 0.25) is 0 Å². The first kappa shape index (κ1) is 23.4. The first-order valence-electron chi connectivity index (χ1n) is 11.8. The van der Waals surface area contributed by atoms with Crippen LogP contribution < -0.4 is 5.73 Å². The average molecular weight is 476 g/mol. The highest BCUT2D eigenvalue weighted by Crippen LogP contribution is 2.32. The molecule has 1 aliphatic rings. The zero-order chi connectivity index (χ0) is 24.2. The SMILES string of the molecule is Nc1ncnc2c1ncn2[C@@H]1O[C@H](COCCCC(c2ccccc2)c2ccccc2)[C@@H](O)[C@H]1O. The van der Waals surface area contributed by atoms with Crippen LogP contribution in [0.15, 0.2) is 73.3 Å². The van der Waals surface area contributed by atoms with Crippen molar-refractivity contribution in [1.82, 2.24) is 19.5 Å². The van der Waals surface area contributed by atoms with Crippen LogP contribution in [0.2, 0.25) is 0 Å². The third-order valence-electron chi connectivity index (χ3n) is 6.47. The van der Waals surface area contributed by atoms with Gasteiger partial charge in [-0.25, -0.2) is 15.0 Å². The number of benzene rings is 2. The highest BCUT2D eigenvalue weighted by molar-refractivity contribution is 5.81. The number of fused-ring (bicyclic) bond motifs is 1. The van der Waals surface area contributed by atoms with Crippen LogP contribution in [0.25, 0.3) is 11.2 Å². The molecule has 1 saturated heterocycles. The zero-order valence-corrected chi connectivity index (χ0v) is 19.2. The van der Waals surface area contributed by atoms with E-state index < -0.39 is 24.5 Å². The van der Waals surface area contributed by atoms with Crippen LogP contribution in [0.3, 0.4) is 0 Å². The highest BCUT2D eigenvalue weighted by Gasteiger charge is 2.44. The molecule has 9 heteroatoms. The van der Waals surface area contributed by atoms with Gasteiger partial charge in [-0.15, -0.1) is 0 Å². The Balaban J connectivity index is 1.17. The van der Waals surface area contributed by atoms with E-state index in [4.69, 9.17) is 15.2 Å². The summed E-state index contributed by atoms with van der Waals surface area (Å²) in [6.45, 7) is 0.682. The normalized spacial score (nSPS) is 22.3. The van der Waals surface area contributed by atoms with Gasteiger partial charge in [-0.2, -0.15) is 0 Å². The molecule has 1 aliphatic heterocycles. The van der Waals surface area contributed by atoms with Crippen LogP contribution >= 0.6 is 0 Å². The number of aliphatic hydroxyl groups excluding tert-OH is 2. The van der Waals surface area contributed by atoms with Gasteiger partial charge < -0.3 is 25.4 Å². The van der Waals surface area contributed by atoms with E-state index in [1.54, 1.807) is 4.57 Å². The summed E-state index contributed by atoms with van der Waals surface area (Å²) in [5, 5.41) is 21.2. The molecule has 4 atom stereocenters. The molecule has 3 heterocycles. The Morgan fingerprint density at radius 1 is 0.943 bits per heavy atom. The highest BCUT2D eigenvalue weighted by atomic mass is 16.6. The third kappa shape index (κ3) is 4.89. The lowest BCUT2D eigenvalue weighted by molar-refractivity contribution is -0.0657. The molecule has 0 saturated carbocycles. The van der Waals surface area contributed by atoms with Crippen molar-refractivity contribution >= 4 is 17.0 Å². The molecule has 4 aromatic rings. The fraction of sp³-hybridized carbons (Fsp3) is 0.346. The van der Waals surface area contributed by atoms with Crippen LogP contribution in [-0.2, 0) is 9.47 Å². The molecule has 0 spiro atoms. The predicted molar refractivity (Wildman–Crippen MR) is 130 cm³/mol. The van der Waals surface area contributed by atoms with Crippen LogP contribution in [-0.4, -0.2) is 61.3 Å². The van der Waals surface area contributed by atoms with Crippen molar-refractivity contribution in [1.29, 1.82) is 0 Å². The minimum absolute atomic E-state index is 0.166. The minimum atomic E-state index is -1.15. The number of hydrogen-bond donors (Lipinski definition) is 3. The predicted octanol–water partition coefficient (Wildman–Crippen LogP) is 2.66. The van der Waals surface area contributed by atoms with Crippen molar-refractivity contribution in [2.24, 2.45) is 0 Å². The maximum absolute atomic E-state index is 10.6. The Labute approximate surface area is 203 Å². The van der Waals surface area contributed by atoms with E-state index in [1.807, 2.05) is 12.1 Å². The van der Waals surface area contributed by atoms with Gasteiger partial charge in [0.15, 0.2) is 17.7 Å². The third-order valence-corrected chi connectivity index (χ3v) is 6.47. The standard InChI is InChI=1S/C26H29N5O4/c27-24-21-25(29-15-28-24)31(16-30-21)26-23(33)22(32)20(35-26)14-34-13-7-12-19(17-8-3-1-4-9-17)18-10-5-2-6-11-18/h1-6,8-11,15-16,19-20,22-23,26,32-33H,7,12-14H2,(H2,27,28,29)/t20-,22-,23-,26-/m1/s1. The van der Waals surface area contributed by atoms with Gasteiger partial charge in [-0.05, 0) is 24.0 Å². The Hall–Kier alpha value is -3.37. The minimum Gasteiger partial charge on any atom is -0.387 e. The van der Waals surface area contributed by atoms with Gasteiger partial charge in [0, 0.05) is 12.5 Å². The lowest BCUT2D eigenvalue weighted by Crippen LogP contribution is -2.34. The number of nitrogens with zero attached hydrogens (tertiary/aromatic N) is 4. The molecule has 2 aromatic heterocycles. The van der Waals surface area contributed by atoms with Gasteiger partial charge in [0.1, 0.15) is 30.2 Å². The molecule has 2 aromatic carbocycles. The summed E-state index contributed by atoms with van der Waals surface area (Å²) in [7, 11) is 0. The molecular formula is C26H29N5O4. The van der Waals surface area contributed by atoms with Crippen molar-refractivity contribution in [3.8, 4) is 0 Å². The van der Waals surface area contributed by atoms with Crippen molar-refractivity contribution in [2.45, 2.75) is 43.3 Å². The number of rotatable bonds is 9. The summed E-state index contributed by atoms with van der Waals surface area (Å²) in [6, 6.07) is 20.9. The molecular weight excluding hydrogens is 446 g/mol. The Kier molecular flexibility index (Phi) is 7.01. The zero-order valence-electron chi connectivity index (χ0n) is 19.2. The number of imidazole rings is 1. The van der Waals surface area contributed by atoms with E-state index in [0.29, 0.717) is 17.8 Å². The maximum Gasteiger partial charge on any atom is 0.167 e. The number of ether oxygens (including phenoxy) is 2. The molecule has 0 aliphatic carbocycles. The summed E-state index contributed by atoms with van der Waals surface area (Å²) in [5.74, 6) is 0.524. The molecule has 0 unspecified atom stereocenters.